The fourth-order valence-corrected chi connectivity index (χ4v) is 2.05. The normalized spacial score (nSPS) is 13.5. The lowest BCUT2D eigenvalue weighted by Crippen LogP contribution is -2.39. The van der Waals surface area contributed by atoms with E-state index in [-0.39, 0.29) is 18.2 Å². The Morgan fingerprint density at radius 1 is 1.32 bits per heavy atom. The molecule has 2 amide bonds. The zero-order valence-corrected chi connectivity index (χ0v) is 12.5. The first kappa shape index (κ1) is 16.0. The van der Waals surface area contributed by atoms with Crippen LogP contribution in [0.2, 0.25) is 0 Å². The minimum Gasteiger partial charge on any atom is -0.464 e. The second kappa shape index (κ2) is 7.09. The summed E-state index contributed by atoms with van der Waals surface area (Å²) in [5.41, 5.74) is 0.150. The monoisotopic (exact) mass is 306 g/mol. The SMILES string of the molecule is Cc1ccc(C(C)NC(=O)NCC(O)c2ccccc2F)o1. The molecule has 2 rings (SSSR count). The summed E-state index contributed by atoms with van der Waals surface area (Å²) in [6.07, 6.45) is -1.10. The molecule has 0 fully saturated rings. The van der Waals surface area contributed by atoms with Crippen molar-refractivity contribution >= 4 is 6.03 Å². The van der Waals surface area contributed by atoms with Gasteiger partial charge in [0.1, 0.15) is 17.3 Å². The highest BCUT2D eigenvalue weighted by molar-refractivity contribution is 5.74. The molecule has 0 spiro atoms. The molecular formula is C16H19FN2O3. The van der Waals surface area contributed by atoms with Crippen LogP contribution >= 0.6 is 0 Å². The Morgan fingerprint density at radius 3 is 2.68 bits per heavy atom. The van der Waals surface area contributed by atoms with E-state index in [9.17, 15) is 14.3 Å². The molecule has 5 nitrogen and oxygen atoms in total. The highest BCUT2D eigenvalue weighted by Gasteiger charge is 2.15. The number of carbonyl (C=O) groups excluding carboxylic acids is 1. The largest absolute Gasteiger partial charge is 0.464 e. The first-order valence-electron chi connectivity index (χ1n) is 7.00. The minimum absolute atomic E-state index is 0.0866. The fraction of sp³-hybridized carbons (Fsp3) is 0.312. The Balaban J connectivity index is 1.84. The molecule has 0 bridgehead atoms. The van der Waals surface area contributed by atoms with Gasteiger partial charge in [0.05, 0.1) is 12.1 Å². The summed E-state index contributed by atoms with van der Waals surface area (Å²) in [5, 5.41) is 15.1. The zero-order valence-electron chi connectivity index (χ0n) is 12.5. The molecule has 1 aromatic carbocycles. The molecule has 0 aliphatic rings. The van der Waals surface area contributed by atoms with Gasteiger partial charge >= 0.3 is 6.03 Å². The lowest BCUT2D eigenvalue weighted by atomic mass is 10.1. The van der Waals surface area contributed by atoms with Gasteiger partial charge in [0.25, 0.3) is 0 Å². The van der Waals surface area contributed by atoms with Gasteiger partial charge < -0.3 is 20.2 Å². The Labute approximate surface area is 128 Å². The van der Waals surface area contributed by atoms with Gasteiger partial charge in [-0.05, 0) is 32.0 Å². The number of aryl methyl sites for hydroxylation is 1. The Hall–Kier alpha value is -2.34. The molecule has 0 aliphatic heterocycles. The third kappa shape index (κ3) is 4.08. The maximum atomic E-state index is 13.5. The number of aliphatic hydroxyl groups is 1. The molecule has 6 heteroatoms. The molecule has 0 saturated carbocycles. The topological polar surface area (TPSA) is 74.5 Å². The van der Waals surface area contributed by atoms with E-state index in [1.54, 1.807) is 25.1 Å². The number of hydrogen-bond acceptors (Lipinski definition) is 3. The lowest BCUT2D eigenvalue weighted by molar-refractivity contribution is 0.168. The highest BCUT2D eigenvalue weighted by Crippen LogP contribution is 2.16. The van der Waals surface area contributed by atoms with Crippen molar-refractivity contribution in [3.05, 3.63) is 59.3 Å². The minimum atomic E-state index is -1.10. The molecule has 0 saturated heterocycles. The van der Waals surface area contributed by atoms with Crippen molar-refractivity contribution in [2.75, 3.05) is 6.54 Å². The maximum Gasteiger partial charge on any atom is 0.315 e. The standard InChI is InChI=1S/C16H19FN2O3/c1-10-7-8-15(22-10)11(2)19-16(21)18-9-14(20)12-5-3-4-6-13(12)17/h3-8,11,14,20H,9H2,1-2H3,(H2,18,19,21). The van der Waals surface area contributed by atoms with Crippen molar-refractivity contribution in [1.29, 1.82) is 0 Å². The zero-order chi connectivity index (χ0) is 16.1. The van der Waals surface area contributed by atoms with Crippen LogP contribution in [0.15, 0.2) is 40.8 Å². The number of rotatable bonds is 5. The number of carbonyl (C=O) groups is 1. The molecule has 22 heavy (non-hydrogen) atoms. The Morgan fingerprint density at radius 2 is 2.05 bits per heavy atom. The summed E-state index contributed by atoms with van der Waals surface area (Å²) < 4.78 is 18.9. The molecule has 2 aromatic rings. The van der Waals surface area contributed by atoms with Gasteiger partial charge in [0.2, 0.25) is 0 Å². The highest BCUT2D eigenvalue weighted by atomic mass is 19.1. The van der Waals surface area contributed by atoms with Crippen molar-refractivity contribution in [3.8, 4) is 0 Å². The van der Waals surface area contributed by atoms with Crippen molar-refractivity contribution in [1.82, 2.24) is 10.6 Å². The van der Waals surface area contributed by atoms with Crippen LogP contribution < -0.4 is 10.6 Å². The number of furan rings is 1. The predicted molar refractivity (Wildman–Crippen MR) is 79.8 cm³/mol. The fourth-order valence-electron chi connectivity index (χ4n) is 2.05. The number of hydrogen-bond donors (Lipinski definition) is 3. The average molecular weight is 306 g/mol. The van der Waals surface area contributed by atoms with Crippen LogP contribution in [-0.4, -0.2) is 17.7 Å². The molecule has 118 valence electrons. The van der Waals surface area contributed by atoms with Crippen LogP contribution in [0, 0.1) is 12.7 Å². The summed E-state index contributed by atoms with van der Waals surface area (Å²) in [6, 6.07) is 8.74. The van der Waals surface area contributed by atoms with Crippen LogP contribution in [0.5, 0.6) is 0 Å². The Bertz CT molecular complexity index is 642. The van der Waals surface area contributed by atoms with Crippen molar-refractivity contribution < 1.29 is 18.7 Å². The van der Waals surface area contributed by atoms with Crippen LogP contribution in [0.25, 0.3) is 0 Å². The number of amides is 2. The number of aliphatic hydroxyl groups excluding tert-OH is 1. The van der Waals surface area contributed by atoms with Crippen LogP contribution in [0.3, 0.4) is 0 Å². The smallest absolute Gasteiger partial charge is 0.315 e. The number of nitrogens with one attached hydrogen (secondary N) is 2. The van der Waals surface area contributed by atoms with E-state index in [0.717, 1.165) is 5.76 Å². The van der Waals surface area contributed by atoms with Gasteiger partial charge in [0.15, 0.2) is 0 Å². The van der Waals surface area contributed by atoms with E-state index in [1.165, 1.54) is 12.1 Å². The van der Waals surface area contributed by atoms with Crippen molar-refractivity contribution in [2.45, 2.75) is 26.0 Å². The molecule has 2 atom stereocenters. The van der Waals surface area contributed by atoms with Gasteiger partial charge in [0, 0.05) is 12.1 Å². The molecular weight excluding hydrogens is 287 g/mol. The molecule has 3 N–H and O–H groups in total. The molecule has 1 heterocycles. The second-order valence-corrected chi connectivity index (χ2v) is 5.06. The van der Waals surface area contributed by atoms with Gasteiger partial charge in [-0.25, -0.2) is 9.18 Å². The van der Waals surface area contributed by atoms with Crippen LogP contribution in [-0.2, 0) is 0 Å². The van der Waals surface area contributed by atoms with E-state index in [2.05, 4.69) is 10.6 Å². The number of halogens is 1. The summed E-state index contributed by atoms with van der Waals surface area (Å²) in [4.78, 5) is 11.8. The summed E-state index contributed by atoms with van der Waals surface area (Å²) in [5.74, 6) is 0.901. The van der Waals surface area contributed by atoms with Crippen molar-refractivity contribution in [2.24, 2.45) is 0 Å². The van der Waals surface area contributed by atoms with E-state index in [4.69, 9.17) is 4.42 Å². The molecule has 1 aromatic heterocycles. The molecule has 2 unspecified atom stereocenters. The lowest BCUT2D eigenvalue weighted by Gasteiger charge is -2.15. The third-order valence-electron chi connectivity index (χ3n) is 3.26. The first-order valence-corrected chi connectivity index (χ1v) is 7.00. The first-order chi connectivity index (χ1) is 10.5. The molecule has 0 aliphatic carbocycles. The number of benzene rings is 1. The van der Waals surface area contributed by atoms with E-state index < -0.39 is 18.0 Å². The van der Waals surface area contributed by atoms with Crippen LogP contribution in [0.1, 0.15) is 36.2 Å². The summed E-state index contributed by atoms with van der Waals surface area (Å²) in [6.45, 7) is 3.52. The summed E-state index contributed by atoms with van der Waals surface area (Å²) in [7, 11) is 0. The van der Waals surface area contributed by atoms with Gasteiger partial charge in [-0.2, -0.15) is 0 Å². The van der Waals surface area contributed by atoms with E-state index in [0.29, 0.717) is 5.76 Å². The van der Waals surface area contributed by atoms with Gasteiger partial charge in [-0.3, -0.25) is 0 Å². The summed E-state index contributed by atoms with van der Waals surface area (Å²) >= 11 is 0. The predicted octanol–water partition coefficient (Wildman–Crippen LogP) is 2.82. The maximum absolute atomic E-state index is 13.5. The Kier molecular flexibility index (Phi) is 5.16. The van der Waals surface area contributed by atoms with Gasteiger partial charge in [-0.1, -0.05) is 18.2 Å². The number of urea groups is 1. The third-order valence-corrected chi connectivity index (χ3v) is 3.26. The van der Waals surface area contributed by atoms with E-state index >= 15 is 0 Å². The average Bonchev–Trinajstić information content (AvgIpc) is 2.92. The van der Waals surface area contributed by atoms with E-state index in [1.807, 2.05) is 13.0 Å². The molecule has 0 radical (unpaired) electrons. The van der Waals surface area contributed by atoms with Crippen LogP contribution in [0.4, 0.5) is 9.18 Å². The second-order valence-electron chi connectivity index (χ2n) is 5.06. The quantitative estimate of drug-likeness (QED) is 0.795. The van der Waals surface area contributed by atoms with Gasteiger partial charge in [-0.15, -0.1) is 0 Å². The van der Waals surface area contributed by atoms with Crippen molar-refractivity contribution in [3.63, 3.8) is 0 Å².